The average molecular weight is 458 g/mol. The lowest BCUT2D eigenvalue weighted by Gasteiger charge is -2.09. The van der Waals surface area contributed by atoms with Gasteiger partial charge in [-0.25, -0.2) is 0 Å². The van der Waals surface area contributed by atoms with Crippen molar-refractivity contribution in [3.63, 3.8) is 0 Å². The van der Waals surface area contributed by atoms with Crippen molar-refractivity contribution in [2.45, 2.75) is 32.5 Å². The van der Waals surface area contributed by atoms with Crippen LogP contribution in [0, 0.1) is 0 Å². The number of halogens is 3. The van der Waals surface area contributed by atoms with Crippen LogP contribution in [0.4, 0.5) is 18.2 Å². The predicted octanol–water partition coefficient (Wildman–Crippen LogP) is 3.83. The first-order chi connectivity index (χ1) is 14.6. The molecule has 0 aliphatic rings. The summed E-state index contributed by atoms with van der Waals surface area (Å²) in [5, 5.41) is 14.3. The van der Waals surface area contributed by atoms with E-state index in [1.807, 2.05) is 6.92 Å². The number of hydrogen-bond donors (Lipinski definition) is 3. The van der Waals surface area contributed by atoms with Gasteiger partial charge in [0.2, 0.25) is 5.91 Å². The predicted molar refractivity (Wildman–Crippen MR) is 109 cm³/mol. The summed E-state index contributed by atoms with van der Waals surface area (Å²) in [5.41, 5.74) is 0.409. The normalized spacial score (nSPS) is 11.2. The monoisotopic (exact) mass is 458 g/mol. The highest BCUT2D eigenvalue weighted by atomic mass is 32.1. The summed E-state index contributed by atoms with van der Waals surface area (Å²) in [4.78, 5) is 36.4. The number of aliphatic carboxylic acids is 1. The lowest BCUT2D eigenvalue weighted by atomic mass is 10.0. The van der Waals surface area contributed by atoms with Crippen LogP contribution in [0.1, 0.15) is 40.6 Å². The number of ether oxygens (including phenoxy) is 1. The molecule has 0 saturated heterocycles. The van der Waals surface area contributed by atoms with E-state index in [0.29, 0.717) is 24.4 Å². The van der Waals surface area contributed by atoms with Crippen molar-refractivity contribution in [3.8, 4) is 5.75 Å². The molecular weight excluding hydrogens is 437 g/mol. The van der Waals surface area contributed by atoms with Gasteiger partial charge in [0.1, 0.15) is 10.8 Å². The molecule has 1 aromatic carbocycles. The number of carbonyl (C=O) groups is 3. The molecule has 2 rings (SSSR count). The highest BCUT2D eigenvalue weighted by Gasteiger charge is 2.31. The van der Waals surface area contributed by atoms with E-state index >= 15 is 0 Å². The number of aryl methyl sites for hydroxylation is 1. The van der Waals surface area contributed by atoms with Gasteiger partial charge in [0.05, 0.1) is 12.1 Å². The number of thiophene rings is 1. The zero-order valence-electron chi connectivity index (χ0n) is 16.5. The Morgan fingerprint density at radius 3 is 2.42 bits per heavy atom. The van der Waals surface area contributed by atoms with Gasteiger partial charge in [-0.3, -0.25) is 14.4 Å². The van der Waals surface area contributed by atoms with Crippen LogP contribution in [0.15, 0.2) is 30.3 Å². The van der Waals surface area contributed by atoms with Gasteiger partial charge in [0.15, 0.2) is 5.78 Å². The Hall–Kier alpha value is -2.92. The third kappa shape index (κ3) is 8.02. The first-order valence-corrected chi connectivity index (χ1v) is 10.2. The molecule has 1 heterocycles. The molecule has 7 nitrogen and oxygen atoms in total. The van der Waals surface area contributed by atoms with Crippen LogP contribution in [0.5, 0.6) is 5.75 Å². The number of carboxylic acids is 1. The zero-order valence-corrected chi connectivity index (χ0v) is 17.4. The van der Waals surface area contributed by atoms with E-state index in [1.165, 1.54) is 23.5 Å². The van der Waals surface area contributed by atoms with E-state index in [9.17, 15) is 27.6 Å². The minimum absolute atomic E-state index is 0.128. The highest BCUT2D eigenvalue weighted by Crippen LogP contribution is 2.31. The fraction of sp³-hybridized carbons (Fsp3) is 0.350. The molecule has 0 bridgehead atoms. The maximum atomic E-state index is 12.9. The number of ketones is 1. The van der Waals surface area contributed by atoms with Crippen molar-refractivity contribution in [2.75, 3.05) is 18.4 Å². The number of alkyl halides is 3. The van der Waals surface area contributed by atoms with Crippen LogP contribution >= 0.6 is 11.3 Å². The number of amides is 1. The van der Waals surface area contributed by atoms with Crippen molar-refractivity contribution >= 4 is 34.0 Å². The van der Waals surface area contributed by atoms with Gasteiger partial charge in [-0.05, 0) is 49.7 Å². The number of rotatable bonds is 11. The van der Waals surface area contributed by atoms with E-state index in [4.69, 9.17) is 5.11 Å². The zero-order chi connectivity index (χ0) is 23.0. The molecule has 1 aromatic heterocycles. The summed E-state index contributed by atoms with van der Waals surface area (Å²) in [7, 11) is 0. The van der Waals surface area contributed by atoms with Crippen LogP contribution in [-0.4, -0.2) is 42.2 Å². The first-order valence-electron chi connectivity index (χ1n) is 9.34. The standard InChI is InChI=1S/C20H21F3N2O5S/c1-2-14-10-15(18(29)12-5-7-13(8-6-12)30-20(21,22)23)19(31-14)25-16(26)4-3-9-24-11-17(27)28/h5-8,10,24H,2-4,9,11H2,1H3,(H,25,26)(H,27,28). The highest BCUT2D eigenvalue weighted by molar-refractivity contribution is 7.16. The van der Waals surface area contributed by atoms with Crippen LogP contribution in [-0.2, 0) is 16.0 Å². The summed E-state index contributed by atoms with van der Waals surface area (Å²) in [5.74, 6) is -2.19. The largest absolute Gasteiger partial charge is 0.573 e. The molecule has 11 heteroatoms. The van der Waals surface area contributed by atoms with E-state index < -0.39 is 23.9 Å². The Kier molecular flexibility index (Phi) is 8.57. The summed E-state index contributed by atoms with van der Waals surface area (Å²) in [6, 6.07) is 6.21. The minimum Gasteiger partial charge on any atom is -0.480 e. The van der Waals surface area contributed by atoms with Gasteiger partial charge < -0.3 is 20.5 Å². The fourth-order valence-corrected chi connectivity index (χ4v) is 3.61. The summed E-state index contributed by atoms with van der Waals surface area (Å²) < 4.78 is 40.7. The first kappa shape index (κ1) is 24.4. The second-order valence-electron chi connectivity index (χ2n) is 6.43. The molecule has 168 valence electrons. The minimum atomic E-state index is -4.82. The topological polar surface area (TPSA) is 105 Å². The molecule has 0 spiro atoms. The Balaban J connectivity index is 2.06. The van der Waals surface area contributed by atoms with Gasteiger partial charge in [-0.2, -0.15) is 0 Å². The molecule has 0 unspecified atom stereocenters. The van der Waals surface area contributed by atoms with Crippen molar-refractivity contribution in [1.82, 2.24) is 5.32 Å². The van der Waals surface area contributed by atoms with E-state index in [2.05, 4.69) is 15.4 Å². The van der Waals surface area contributed by atoms with E-state index in [1.54, 1.807) is 6.07 Å². The Bertz CT molecular complexity index is 926. The molecule has 0 aliphatic carbocycles. The molecule has 0 saturated carbocycles. The van der Waals surface area contributed by atoms with Crippen molar-refractivity contribution in [3.05, 3.63) is 46.3 Å². The number of nitrogens with one attached hydrogen (secondary N) is 2. The smallest absolute Gasteiger partial charge is 0.480 e. The quantitative estimate of drug-likeness (QED) is 0.349. The lowest BCUT2D eigenvalue weighted by molar-refractivity contribution is -0.274. The van der Waals surface area contributed by atoms with Gasteiger partial charge in [-0.1, -0.05) is 6.92 Å². The number of hydrogen-bond acceptors (Lipinski definition) is 6. The van der Waals surface area contributed by atoms with Crippen molar-refractivity contribution in [1.29, 1.82) is 0 Å². The SMILES string of the molecule is CCc1cc(C(=O)c2ccc(OC(F)(F)F)cc2)c(NC(=O)CCCNCC(=O)O)s1. The molecule has 0 atom stereocenters. The maximum absolute atomic E-state index is 12.9. The van der Waals surface area contributed by atoms with Crippen molar-refractivity contribution in [2.24, 2.45) is 0 Å². The Morgan fingerprint density at radius 1 is 1.16 bits per heavy atom. The van der Waals surface area contributed by atoms with Gasteiger partial charge >= 0.3 is 12.3 Å². The third-order valence-corrected chi connectivity index (χ3v) is 5.21. The summed E-state index contributed by atoms with van der Waals surface area (Å²) in [6.07, 6.45) is -3.65. The molecule has 0 fully saturated rings. The van der Waals surface area contributed by atoms with E-state index in [-0.39, 0.29) is 30.0 Å². The molecule has 3 N–H and O–H groups in total. The van der Waals surface area contributed by atoms with Gasteiger partial charge in [0, 0.05) is 16.9 Å². The third-order valence-electron chi connectivity index (χ3n) is 4.01. The Morgan fingerprint density at radius 2 is 1.84 bits per heavy atom. The molecule has 0 aliphatic heterocycles. The number of anilines is 1. The Labute approximate surface area is 180 Å². The van der Waals surface area contributed by atoms with Crippen LogP contribution in [0.25, 0.3) is 0 Å². The van der Waals surface area contributed by atoms with Crippen LogP contribution in [0.3, 0.4) is 0 Å². The molecule has 2 aromatic rings. The lowest BCUT2D eigenvalue weighted by Crippen LogP contribution is -2.24. The van der Waals surface area contributed by atoms with E-state index in [0.717, 1.165) is 17.0 Å². The second-order valence-corrected chi connectivity index (χ2v) is 7.57. The fourth-order valence-electron chi connectivity index (χ4n) is 2.60. The molecule has 31 heavy (non-hydrogen) atoms. The van der Waals surface area contributed by atoms with Gasteiger partial charge in [0.25, 0.3) is 0 Å². The van der Waals surface area contributed by atoms with Crippen molar-refractivity contribution < 1.29 is 37.4 Å². The number of carbonyl (C=O) groups excluding carboxylic acids is 2. The molecular formula is C20H21F3N2O5S. The average Bonchev–Trinajstić information content (AvgIpc) is 3.09. The summed E-state index contributed by atoms with van der Waals surface area (Å²) in [6.45, 7) is 2.05. The van der Waals surface area contributed by atoms with Crippen LogP contribution in [0.2, 0.25) is 0 Å². The molecule has 1 amide bonds. The molecule has 0 radical (unpaired) electrons. The maximum Gasteiger partial charge on any atom is 0.573 e. The second kappa shape index (κ2) is 10.9. The number of carboxylic acid groups (broad SMARTS) is 1. The van der Waals surface area contributed by atoms with Crippen LogP contribution < -0.4 is 15.4 Å². The summed E-state index contributed by atoms with van der Waals surface area (Å²) >= 11 is 1.25. The van der Waals surface area contributed by atoms with Gasteiger partial charge in [-0.15, -0.1) is 24.5 Å². The number of benzene rings is 1.